The number of amides is 1. The van der Waals surface area contributed by atoms with Gasteiger partial charge in [0.2, 0.25) is 5.91 Å². The van der Waals surface area contributed by atoms with Crippen LogP contribution in [0.2, 0.25) is 0 Å². The number of hydrogen-bond acceptors (Lipinski definition) is 3. The van der Waals surface area contributed by atoms with E-state index in [1.807, 2.05) is 0 Å². The van der Waals surface area contributed by atoms with E-state index in [0.717, 1.165) is 25.7 Å². The van der Waals surface area contributed by atoms with E-state index in [1.54, 1.807) is 0 Å². The van der Waals surface area contributed by atoms with Crippen LogP contribution >= 0.6 is 0 Å². The van der Waals surface area contributed by atoms with E-state index in [4.69, 9.17) is 16.6 Å². The number of aliphatic hydroxyl groups excluding tert-OH is 1. The zero-order chi connectivity index (χ0) is 10.6. The Morgan fingerprint density at radius 2 is 1.93 bits per heavy atom. The lowest BCUT2D eigenvalue weighted by Crippen LogP contribution is -2.53. The molecule has 1 unspecified atom stereocenters. The Bertz CT molecular complexity index is 200. The third kappa shape index (κ3) is 2.45. The lowest BCUT2D eigenvalue weighted by molar-refractivity contribution is -0.125. The van der Waals surface area contributed by atoms with Crippen molar-refractivity contribution in [3.05, 3.63) is 0 Å². The molecule has 0 spiro atoms. The molecule has 1 atom stereocenters. The van der Waals surface area contributed by atoms with Gasteiger partial charge in [0, 0.05) is 12.1 Å². The van der Waals surface area contributed by atoms with Crippen molar-refractivity contribution in [2.24, 2.45) is 17.4 Å². The first-order valence-corrected chi connectivity index (χ1v) is 5.29. The van der Waals surface area contributed by atoms with E-state index >= 15 is 0 Å². The SMILES string of the molecule is NC(=O)C(CCO)C1(N)CCCCC1. The molecule has 1 aliphatic carbocycles. The van der Waals surface area contributed by atoms with Gasteiger partial charge in [-0.1, -0.05) is 19.3 Å². The maximum absolute atomic E-state index is 11.2. The highest BCUT2D eigenvalue weighted by Crippen LogP contribution is 2.33. The molecule has 1 rings (SSSR count). The predicted octanol–water partition coefficient (Wildman–Crippen LogP) is 0.132. The van der Waals surface area contributed by atoms with Gasteiger partial charge in [-0.15, -0.1) is 0 Å². The Kier molecular flexibility index (Phi) is 3.89. The fraction of sp³-hybridized carbons (Fsp3) is 0.900. The molecule has 0 radical (unpaired) electrons. The molecule has 1 saturated carbocycles. The lowest BCUT2D eigenvalue weighted by Gasteiger charge is -2.38. The van der Waals surface area contributed by atoms with Crippen LogP contribution in [0, 0.1) is 5.92 Å². The van der Waals surface area contributed by atoms with E-state index < -0.39 is 5.54 Å². The Balaban J connectivity index is 2.68. The molecule has 4 nitrogen and oxygen atoms in total. The Hall–Kier alpha value is -0.610. The summed E-state index contributed by atoms with van der Waals surface area (Å²) < 4.78 is 0. The zero-order valence-corrected chi connectivity index (χ0v) is 8.54. The van der Waals surface area contributed by atoms with E-state index in [9.17, 15) is 4.79 Å². The molecule has 0 saturated heterocycles. The first-order chi connectivity index (χ1) is 6.60. The second-order valence-corrected chi connectivity index (χ2v) is 4.26. The van der Waals surface area contributed by atoms with Gasteiger partial charge in [-0.25, -0.2) is 0 Å². The van der Waals surface area contributed by atoms with Gasteiger partial charge in [-0.05, 0) is 19.3 Å². The number of rotatable bonds is 4. The van der Waals surface area contributed by atoms with Crippen molar-refractivity contribution in [1.82, 2.24) is 0 Å². The fourth-order valence-corrected chi connectivity index (χ4v) is 2.40. The molecular formula is C10H20N2O2. The third-order valence-electron chi connectivity index (χ3n) is 3.24. The molecule has 0 heterocycles. The molecule has 4 heteroatoms. The van der Waals surface area contributed by atoms with Gasteiger partial charge < -0.3 is 16.6 Å². The molecule has 82 valence electrons. The molecule has 0 bridgehead atoms. The van der Waals surface area contributed by atoms with Crippen LogP contribution in [0.3, 0.4) is 0 Å². The van der Waals surface area contributed by atoms with Crippen molar-refractivity contribution in [2.75, 3.05) is 6.61 Å². The minimum atomic E-state index is -0.465. The largest absolute Gasteiger partial charge is 0.396 e. The molecular weight excluding hydrogens is 180 g/mol. The summed E-state index contributed by atoms with van der Waals surface area (Å²) in [5, 5.41) is 8.87. The number of aliphatic hydroxyl groups is 1. The monoisotopic (exact) mass is 200 g/mol. The molecule has 1 aliphatic rings. The first kappa shape index (κ1) is 11.5. The van der Waals surface area contributed by atoms with E-state index in [2.05, 4.69) is 0 Å². The molecule has 0 aliphatic heterocycles. The maximum atomic E-state index is 11.2. The van der Waals surface area contributed by atoms with E-state index in [1.165, 1.54) is 6.42 Å². The minimum Gasteiger partial charge on any atom is -0.396 e. The summed E-state index contributed by atoms with van der Waals surface area (Å²) in [5.41, 5.74) is 11.0. The van der Waals surface area contributed by atoms with Crippen LogP contribution in [0.5, 0.6) is 0 Å². The number of carbonyl (C=O) groups excluding carboxylic acids is 1. The van der Waals surface area contributed by atoms with Crippen LogP contribution in [-0.2, 0) is 4.79 Å². The van der Waals surface area contributed by atoms with Crippen molar-refractivity contribution in [3.63, 3.8) is 0 Å². The van der Waals surface area contributed by atoms with Crippen LogP contribution in [0.15, 0.2) is 0 Å². The summed E-state index contributed by atoms with van der Waals surface area (Å²) in [5.74, 6) is -0.740. The van der Waals surface area contributed by atoms with Crippen LogP contribution in [0.1, 0.15) is 38.5 Å². The molecule has 14 heavy (non-hydrogen) atoms. The predicted molar refractivity (Wildman–Crippen MR) is 54.4 cm³/mol. The Morgan fingerprint density at radius 3 is 2.36 bits per heavy atom. The number of carbonyl (C=O) groups is 1. The topological polar surface area (TPSA) is 89.3 Å². The molecule has 0 aromatic carbocycles. The average Bonchev–Trinajstić information content (AvgIpc) is 2.14. The summed E-state index contributed by atoms with van der Waals surface area (Å²) in [6.45, 7) is -0.0213. The quantitative estimate of drug-likeness (QED) is 0.602. The summed E-state index contributed by atoms with van der Waals surface area (Å²) in [6.07, 6.45) is 5.40. The normalized spacial score (nSPS) is 23.0. The Labute approximate surface area is 84.7 Å². The van der Waals surface area contributed by atoms with Gasteiger partial charge in [-0.3, -0.25) is 4.79 Å². The minimum absolute atomic E-state index is 0.0213. The fourth-order valence-electron chi connectivity index (χ4n) is 2.40. The van der Waals surface area contributed by atoms with E-state index in [0.29, 0.717) is 6.42 Å². The Morgan fingerprint density at radius 1 is 1.36 bits per heavy atom. The first-order valence-electron chi connectivity index (χ1n) is 5.29. The van der Waals surface area contributed by atoms with Crippen LogP contribution in [0.4, 0.5) is 0 Å². The van der Waals surface area contributed by atoms with Gasteiger partial charge in [0.25, 0.3) is 0 Å². The van der Waals surface area contributed by atoms with E-state index in [-0.39, 0.29) is 18.4 Å². The van der Waals surface area contributed by atoms with Gasteiger partial charge in [-0.2, -0.15) is 0 Å². The highest BCUT2D eigenvalue weighted by Gasteiger charge is 2.38. The lowest BCUT2D eigenvalue weighted by atomic mass is 9.72. The van der Waals surface area contributed by atoms with Crippen molar-refractivity contribution < 1.29 is 9.90 Å². The third-order valence-corrected chi connectivity index (χ3v) is 3.24. The van der Waals surface area contributed by atoms with Crippen LogP contribution < -0.4 is 11.5 Å². The second kappa shape index (κ2) is 4.75. The van der Waals surface area contributed by atoms with Crippen molar-refractivity contribution in [2.45, 2.75) is 44.1 Å². The van der Waals surface area contributed by atoms with Gasteiger partial charge in [0.05, 0.1) is 5.92 Å². The summed E-state index contributed by atoms with van der Waals surface area (Å²) in [6, 6.07) is 0. The maximum Gasteiger partial charge on any atom is 0.222 e. The molecule has 5 N–H and O–H groups in total. The molecule has 1 amide bonds. The summed E-state index contributed by atoms with van der Waals surface area (Å²) in [4.78, 5) is 11.2. The highest BCUT2D eigenvalue weighted by atomic mass is 16.3. The summed E-state index contributed by atoms with van der Waals surface area (Å²) in [7, 11) is 0. The summed E-state index contributed by atoms with van der Waals surface area (Å²) >= 11 is 0. The van der Waals surface area contributed by atoms with Gasteiger partial charge in [0.1, 0.15) is 0 Å². The van der Waals surface area contributed by atoms with Crippen molar-refractivity contribution in [3.8, 4) is 0 Å². The number of primary amides is 1. The van der Waals surface area contributed by atoms with Gasteiger partial charge in [0.15, 0.2) is 0 Å². The average molecular weight is 200 g/mol. The van der Waals surface area contributed by atoms with Crippen LogP contribution in [0.25, 0.3) is 0 Å². The number of nitrogens with two attached hydrogens (primary N) is 2. The van der Waals surface area contributed by atoms with Gasteiger partial charge >= 0.3 is 0 Å². The highest BCUT2D eigenvalue weighted by molar-refractivity contribution is 5.78. The van der Waals surface area contributed by atoms with Crippen molar-refractivity contribution >= 4 is 5.91 Å². The molecule has 0 aromatic rings. The number of hydrogen-bond donors (Lipinski definition) is 3. The molecule has 1 fully saturated rings. The standard InChI is InChI=1S/C10H20N2O2/c11-9(14)8(4-7-13)10(12)5-2-1-3-6-10/h8,13H,1-7,12H2,(H2,11,14). The van der Waals surface area contributed by atoms with Crippen LogP contribution in [-0.4, -0.2) is 23.2 Å². The smallest absolute Gasteiger partial charge is 0.222 e. The molecule has 0 aromatic heterocycles. The van der Waals surface area contributed by atoms with Crippen molar-refractivity contribution in [1.29, 1.82) is 0 Å². The zero-order valence-electron chi connectivity index (χ0n) is 8.54. The second-order valence-electron chi connectivity index (χ2n) is 4.26.